The Kier molecular flexibility index (Phi) is 6.15. The van der Waals surface area contributed by atoms with Crippen molar-refractivity contribution in [1.29, 1.82) is 0 Å². The molecule has 1 aliphatic heterocycles. The molecule has 3 aromatic carbocycles. The number of rotatable bonds is 5. The molecule has 9 heteroatoms. The Labute approximate surface area is 225 Å². The summed E-state index contributed by atoms with van der Waals surface area (Å²) in [5.74, 6) is 0.367. The Morgan fingerprint density at radius 3 is 2.64 bits per heavy atom. The lowest BCUT2D eigenvalue weighted by atomic mass is 9.87. The summed E-state index contributed by atoms with van der Waals surface area (Å²) in [4.78, 5) is 4.62. The molecule has 7 nitrogen and oxygen atoms in total. The maximum absolute atomic E-state index is 13.5. The Bertz CT molecular complexity index is 1860. The quantitative estimate of drug-likeness (QED) is 0.287. The number of benzene rings is 3. The Morgan fingerprint density at radius 1 is 1.05 bits per heavy atom. The third-order valence-electron chi connectivity index (χ3n) is 6.70. The summed E-state index contributed by atoms with van der Waals surface area (Å²) < 4.78 is 48.0. The smallest absolute Gasteiger partial charge is 0.229 e. The lowest BCUT2D eigenvalue weighted by Gasteiger charge is -2.18. The van der Waals surface area contributed by atoms with Crippen LogP contribution in [0.2, 0.25) is 0 Å². The van der Waals surface area contributed by atoms with Crippen molar-refractivity contribution in [1.82, 2.24) is 14.8 Å². The van der Waals surface area contributed by atoms with E-state index in [1.165, 1.54) is 12.1 Å². The van der Waals surface area contributed by atoms with Gasteiger partial charge in [0.2, 0.25) is 10.0 Å². The van der Waals surface area contributed by atoms with E-state index in [-0.39, 0.29) is 12.4 Å². The first-order chi connectivity index (χ1) is 18.8. The minimum absolute atomic E-state index is 0.287. The number of halogens is 1. The van der Waals surface area contributed by atoms with Crippen molar-refractivity contribution in [3.63, 3.8) is 0 Å². The van der Waals surface area contributed by atoms with E-state index < -0.39 is 10.0 Å². The monoisotopic (exact) mass is 540 g/mol. The Morgan fingerprint density at radius 2 is 1.87 bits per heavy atom. The molecule has 3 heterocycles. The largest absolute Gasteiger partial charge is 0.487 e. The number of ether oxygens (including phenoxy) is 1. The van der Waals surface area contributed by atoms with Crippen molar-refractivity contribution in [3.05, 3.63) is 113 Å². The first-order valence-electron chi connectivity index (χ1n) is 12.5. The van der Waals surface area contributed by atoms with Crippen LogP contribution >= 0.6 is 0 Å². The minimum atomic E-state index is -3.43. The number of nitrogens with zero attached hydrogens (tertiary/aromatic N) is 3. The van der Waals surface area contributed by atoms with E-state index in [4.69, 9.17) is 4.74 Å². The highest BCUT2D eigenvalue weighted by molar-refractivity contribution is 7.92. The summed E-state index contributed by atoms with van der Waals surface area (Å²) in [5.41, 5.74) is 7.62. The van der Waals surface area contributed by atoms with E-state index in [1.807, 2.05) is 36.4 Å². The maximum Gasteiger partial charge on any atom is 0.229 e. The molecular formula is C30H25FN4O3S. The molecule has 6 rings (SSSR count). The molecule has 39 heavy (non-hydrogen) atoms. The second kappa shape index (κ2) is 9.67. The van der Waals surface area contributed by atoms with Gasteiger partial charge in [-0.25, -0.2) is 17.5 Å². The number of anilines is 1. The number of fused-ring (bicyclic) bond motifs is 3. The van der Waals surface area contributed by atoms with E-state index in [2.05, 4.69) is 27.8 Å². The summed E-state index contributed by atoms with van der Waals surface area (Å²) >= 11 is 0. The van der Waals surface area contributed by atoms with Gasteiger partial charge in [-0.3, -0.25) is 9.71 Å². The van der Waals surface area contributed by atoms with Crippen LogP contribution in [0.25, 0.3) is 27.7 Å². The van der Waals surface area contributed by atoms with Gasteiger partial charge in [0.05, 0.1) is 29.4 Å². The Hall–Kier alpha value is -4.50. The molecule has 1 N–H and O–H groups in total. The van der Waals surface area contributed by atoms with Gasteiger partial charge in [0, 0.05) is 34.5 Å². The van der Waals surface area contributed by atoms with Gasteiger partial charge in [0.15, 0.2) is 0 Å². The molecule has 0 spiro atoms. The van der Waals surface area contributed by atoms with Gasteiger partial charge in [-0.1, -0.05) is 25.1 Å². The number of nitrogens with one attached hydrogen (secondary N) is 1. The first kappa shape index (κ1) is 24.8. The van der Waals surface area contributed by atoms with E-state index >= 15 is 0 Å². The molecule has 196 valence electrons. The highest BCUT2D eigenvalue weighted by Gasteiger charge is 2.25. The number of pyridine rings is 1. The normalized spacial score (nSPS) is 14.2. The van der Waals surface area contributed by atoms with E-state index in [9.17, 15) is 12.8 Å². The molecule has 0 radical (unpaired) electrons. The highest BCUT2D eigenvalue weighted by Crippen LogP contribution is 2.43. The fraction of sp³-hybridized carbons (Fsp3) is 0.133. The van der Waals surface area contributed by atoms with Crippen molar-refractivity contribution in [2.24, 2.45) is 0 Å². The number of aromatic nitrogens is 3. The average Bonchev–Trinajstić information content (AvgIpc) is 3.25. The van der Waals surface area contributed by atoms with Crippen molar-refractivity contribution >= 4 is 37.8 Å². The fourth-order valence-corrected chi connectivity index (χ4v) is 5.62. The van der Waals surface area contributed by atoms with Crippen LogP contribution in [0.5, 0.6) is 5.75 Å². The van der Waals surface area contributed by atoms with E-state index in [0.717, 1.165) is 56.4 Å². The molecule has 0 fully saturated rings. The van der Waals surface area contributed by atoms with Crippen LogP contribution in [-0.4, -0.2) is 29.4 Å². The van der Waals surface area contributed by atoms with Crippen LogP contribution in [-0.2, 0) is 16.6 Å². The number of allylic oxidation sites excluding steroid dienone is 1. The van der Waals surface area contributed by atoms with Gasteiger partial charge in [-0.2, -0.15) is 5.10 Å². The van der Waals surface area contributed by atoms with Gasteiger partial charge in [-0.05, 0) is 71.7 Å². The minimum Gasteiger partial charge on any atom is -0.487 e. The predicted molar refractivity (Wildman–Crippen MR) is 151 cm³/mol. The van der Waals surface area contributed by atoms with Crippen LogP contribution in [0.15, 0.2) is 85.2 Å². The average molecular weight is 541 g/mol. The molecule has 0 amide bonds. The summed E-state index contributed by atoms with van der Waals surface area (Å²) in [7, 11) is -3.43. The summed E-state index contributed by atoms with van der Waals surface area (Å²) in [5, 5.41) is 5.47. The lowest BCUT2D eigenvalue weighted by molar-refractivity contribution is 0.303. The van der Waals surface area contributed by atoms with Gasteiger partial charge < -0.3 is 4.74 Å². The van der Waals surface area contributed by atoms with Crippen molar-refractivity contribution in [2.75, 3.05) is 11.0 Å². The number of sulfonamides is 1. The fourth-order valence-electron chi connectivity index (χ4n) is 5.06. The number of hydrogen-bond donors (Lipinski definition) is 1. The second-order valence-corrected chi connectivity index (χ2v) is 11.1. The molecule has 0 atom stereocenters. The zero-order valence-electron chi connectivity index (χ0n) is 21.3. The molecule has 0 saturated carbocycles. The molecule has 0 bridgehead atoms. The van der Waals surface area contributed by atoms with Crippen LogP contribution in [0.3, 0.4) is 0 Å². The maximum atomic E-state index is 13.5. The third kappa shape index (κ3) is 4.77. The molecule has 2 aromatic heterocycles. The summed E-state index contributed by atoms with van der Waals surface area (Å²) in [6.07, 6.45) is 5.35. The second-order valence-electron chi connectivity index (χ2n) is 9.39. The van der Waals surface area contributed by atoms with Crippen LogP contribution in [0.4, 0.5) is 10.1 Å². The van der Waals surface area contributed by atoms with Crippen molar-refractivity contribution < 1.29 is 17.5 Å². The molecule has 0 saturated heterocycles. The van der Waals surface area contributed by atoms with E-state index in [0.29, 0.717) is 17.9 Å². The van der Waals surface area contributed by atoms with Crippen LogP contribution in [0, 0.1) is 5.82 Å². The summed E-state index contributed by atoms with van der Waals surface area (Å²) in [6.45, 7) is 2.36. The predicted octanol–water partition coefficient (Wildman–Crippen LogP) is 6.19. The highest BCUT2D eigenvalue weighted by atomic mass is 32.2. The van der Waals surface area contributed by atoms with Gasteiger partial charge in [-0.15, -0.1) is 0 Å². The third-order valence-corrected chi connectivity index (χ3v) is 7.31. The van der Waals surface area contributed by atoms with Gasteiger partial charge in [0.1, 0.15) is 18.2 Å². The van der Waals surface area contributed by atoms with Gasteiger partial charge in [0.25, 0.3) is 0 Å². The summed E-state index contributed by atoms with van der Waals surface area (Å²) in [6, 6.07) is 21.6. The molecular weight excluding hydrogens is 515 g/mol. The molecule has 1 aliphatic rings. The van der Waals surface area contributed by atoms with Crippen molar-refractivity contribution in [2.45, 2.75) is 20.0 Å². The first-order valence-corrected chi connectivity index (χ1v) is 14.4. The van der Waals surface area contributed by atoms with Gasteiger partial charge >= 0.3 is 0 Å². The van der Waals surface area contributed by atoms with E-state index in [1.54, 1.807) is 35.3 Å². The standard InChI is InChI=1S/C30H25FN4O3S/c1-3-24(19-6-4-7-22(14-19)34-39(2,36)37)30-25-8-5-13-32-27(25)18-38-29-16-28-20(15-26(29)30)17-33-35(28)23-11-9-21(31)10-12-23/h4-17,34H,3,18H2,1-2H3/b30-24+. The van der Waals surface area contributed by atoms with Crippen molar-refractivity contribution in [3.8, 4) is 11.4 Å². The van der Waals surface area contributed by atoms with Crippen LogP contribution < -0.4 is 9.46 Å². The Balaban J connectivity index is 1.59. The molecule has 0 aliphatic carbocycles. The lowest BCUT2D eigenvalue weighted by Crippen LogP contribution is -2.09. The molecule has 5 aromatic rings. The zero-order chi connectivity index (χ0) is 27.1. The molecule has 0 unspecified atom stereocenters. The number of hydrogen-bond acceptors (Lipinski definition) is 5. The zero-order valence-corrected chi connectivity index (χ0v) is 22.2. The SMILES string of the molecule is CC/C(=C1\c2cc3cnn(-c4ccc(F)cc4)c3cc2OCc2ncccc21)c1cccc(NS(C)(=O)=O)c1. The van der Waals surface area contributed by atoms with Crippen LogP contribution in [0.1, 0.15) is 35.7 Å². The topological polar surface area (TPSA) is 86.1 Å².